The Kier molecular flexibility index (Phi) is 7.82. The lowest BCUT2D eigenvalue weighted by atomic mass is 10.0. The Morgan fingerprint density at radius 3 is 2.52 bits per heavy atom. The van der Waals surface area contributed by atoms with Crippen LogP contribution in [-0.2, 0) is 6.54 Å². The molecule has 5 nitrogen and oxygen atoms in total. The van der Waals surface area contributed by atoms with Crippen LogP contribution in [0.5, 0.6) is 0 Å². The van der Waals surface area contributed by atoms with Crippen molar-refractivity contribution in [1.82, 2.24) is 15.2 Å². The topological polar surface area (TPSA) is 59.3 Å². The molecule has 1 N–H and O–H groups in total. The maximum absolute atomic E-state index is 12.4. The zero-order valence-corrected chi connectivity index (χ0v) is 20.0. The zero-order chi connectivity index (χ0) is 22.4. The summed E-state index contributed by atoms with van der Waals surface area (Å²) in [6.45, 7) is 6.81. The lowest BCUT2D eigenvalue weighted by Crippen LogP contribution is -2.19. The number of rotatable bonds is 7. The van der Waals surface area contributed by atoms with Gasteiger partial charge in [-0.05, 0) is 63.2 Å². The summed E-state index contributed by atoms with van der Waals surface area (Å²) in [5.41, 5.74) is 7.15. The van der Waals surface area contributed by atoms with Crippen LogP contribution in [0.15, 0.2) is 69.9 Å². The number of hydrogen-bond donors (Lipinski definition) is 1. The van der Waals surface area contributed by atoms with Gasteiger partial charge in [-0.3, -0.25) is 9.48 Å². The van der Waals surface area contributed by atoms with E-state index >= 15 is 0 Å². The molecule has 0 bridgehead atoms. The predicted molar refractivity (Wildman–Crippen MR) is 131 cm³/mol. The van der Waals surface area contributed by atoms with Crippen molar-refractivity contribution in [3.8, 4) is 0 Å². The Labute approximate surface area is 195 Å². The maximum atomic E-state index is 12.4. The molecule has 0 aliphatic rings. The number of nitrogens with zero attached hydrogens (tertiary/aromatic N) is 3. The van der Waals surface area contributed by atoms with E-state index in [2.05, 4.69) is 69.7 Å². The fourth-order valence-corrected chi connectivity index (χ4v) is 3.55. The highest BCUT2D eigenvalue weighted by Gasteiger charge is 2.14. The monoisotopic (exact) mass is 498 g/mol. The number of halogens is 2. The van der Waals surface area contributed by atoms with Gasteiger partial charge in [0, 0.05) is 11.2 Å². The second-order valence-corrected chi connectivity index (χ2v) is 8.85. The van der Waals surface area contributed by atoms with Gasteiger partial charge in [0.15, 0.2) is 5.69 Å². The summed E-state index contributed by atoms with van der Waals surface area (Å²) in [4.78, 5) is 12.4. The van der Waals surface area contributed by atoms with E-state index in [0.29, 0.717) is 22.0 Å². The number of hydrazone groups is 1. The molecule has 0 saturated carbocycles. The fourth-order valence-electron chi connectivity index (χ4n) is 2.93. The van der Waals surface area contributed by atoms with Gasteiger partial charge in [0.1, 0.15) is 0 Å². The van der Waals surface area contributed by atoms with Crippen LogP contribution in [0.25, 0.3) is 6.08 Å². The first-order valence-electron chi connectivity index (χ1n) is 9.91. The molecule has 1 aromatic heterocycles. The molecule has 0 radical (unpaired) electrons. The van der Waals surface area contributed by atoms with Crippen LogP contribution < -0.4 is 5.43 Å². The molecule has 0 spiro atoms. The molecule has 0 saturated heterocycles. The number of amides is 1. The third-order valence-electron chi connectivity index (χ3n) is 4.62. The Balaban J connectivity index is 1.60. The summed E-state index contributed by atoms with van der Waals surface area (Å²) in [5, 5.41) is 9.09. The third kappa shape index (κ3) is 6.64. The summed E-state index contributed by atoms with van der Waals surface area (Å²) in [6, 6.07) is 15.9. The van der Waals surface area contributed by atoms with Crippen molar-refractivity contribution in [3.05, 3.63) is 92.2 Å². The van der Waals surface area contributed by atoms with E-state index in [0.717, 1.165) is 16.7 Å². The Hall–Kier alpha value is -2.70. The summed E-state index contributed by atoms with van der Waals surface area (Å²) < 4.78 is 2.30. The molecule has 31 heavy (non-hydrogen) atoms. The van der Waals surface area contributed by atoms with Gasteiger partial charge in [0.2, 0.25) is 0 Å². The second kappa shape index (κ2) is 10.6. The highest BCUT2D eigenvalue weighted by molar-refractivity contribution is 9.10. The van der Waals surface area contributed by atoms with Gasteiger partial charge in [-0.25, -0.2) is 5.43 Å². The largest absolute Gasteiger partial charge is 0.293 e. The number of hydrogen-bond acceptors (Lipinski definition) is 3. The number of carbonyl (C=O) groups excluding carboxylic acids is 1. The minimum Gasteiger partial charge on any atom is -0.266 e. The van der Waals surface area contributed by atoms with Crippen molar-refractivity contribution >= 4 is 45.7 Å². The highest BCUT2D eigenvalue weighted by atomic mass is 79.9. The lowest BCUT2D eigenvalue weighted by molar-refractivity contribution is 0.0948. The molecule has 2 aromatic carbocycles. The van der Waals surface area contributed by atoms with Gasteiger partial charge in [-0.15, -0.1) is 0 Å². The predicted octanol–water partition coefficient (Wildman–Crippen LogP) is 6.29. The first-order chi connectivity index (χ1) is 14.8. The number of aromatic nitrogens is 2. The van der Waals surface area contributed by atoms with Crippen molar-refractivity contribution < 1.29 is 4.79 Å². The third-order valence-corrected chi connectivity index (χ3v) is 5.45. The molecular formula is C24H24BrClN4O. The van der Waals surface area contributed by atoms with Crippen LogP contribution >= 0.6 is 27.5 Å². The van der Waals surface area contributed by atoms with E-state index in [4.69, 9.17) is 11.6 Å². The van der Waals surface area contributed by atoms with E-state index in [1.807, 2.05) is 37.3 Å². The summed E-state index contributed by atoms with van der Waals surface area (Å²) in [6.07, 6.45) is 5.39. The molecule has 0 fully saturated rings. The normalized spacial score (nSPS) is 12.0. The average molecular weight is 500 g/mol. The van der Waals surface area contributed by atoms with Crippen LogP contribution in [-0.4, -0.2) is 21.9 Å². The van der Waals surface area contributed by atoms with E-state index in [9.17, 15) is 4.79 Å². The zero-order valence-electron chi connectivity index (χ0n) is 17.6. The Bertz CT molecular complexity index is 1100. The first kappa shape index (κ1) is 23.0. The van der Waals surface area contributed by atoms with E-state index in [1.54, 1.807) is 17.1 Å². The van der Waals surface area contributed by atoms with Gasteiger partial charge in [-0.1, -0.05) is 67.9 Å². The minimum atomic E-state index is -0.382. The molecule has 3 rings (SSSR count). The molecule has 0 unspecified atom stereocenters. The number of nitrogens with one attached hydrogen (secondary N) is 1. The summed E-state index contributed by atoms with van der Waals surface area (Å²) in [7, 11) is 0. The summed E-state index contributed by atoms with van der Waals surface area (Å²) in [5.74, 6) is 0.122. The highest BCUT2D eigenvalue weighted by Crippen LogP contribution is 2.18. The maximum Gasteiger partial charge on any atom is 0.293 e. The van der Waals surface area contributed by atoms with Crippen molar-refractivity contribution in [2.75, 3.05) is 0 Å². The van der Waals surface area contributed by atoms with Gasteiger partial charge in [-0.2, -0.15) is 10.2 Å². The van der Waals surface area contributed by atoms with Crippen LogP contribution in [0.3, 0.4) is 0 Å². The summed E-state index contributed by atoms with van der Waals surface area (Å²) >= 11 is 9.31. The molecule has 1 heterocycles. The van der Waals surface area contributed by atoms with Crippen LogP contribution in [0.2, 0.25) is 5.02 Å². The molecule has 0 aliphatic carbocycles. The lowest BCUT2D eigenvalue weighted by Gasteiger charge is -2.05. The van der Waals surface area contributed by atoms with Crippen LogP contribution in [0, 0.1) is 0 Å². The van der Waals surface area contributed by atoms with Gasteiger partial charge in [0.25, 0.3) is 5.91 Å². The van der Waals surface area contributed by atoms with Crippen molar-refractivity contribution in [1.29, 1.82) is 0 Å². The molecule has 160 valence electrons. The smallest absolute Gasteiger partial charge is 0.266 e. The van der Waals surface area contributed by atoms with Crippen molar-refractivity contribution in [2.24, 2.45) is 5.10 Å². The van der Waals surface area contributed by atoms with Crippen molar-refractivity contribution in [3.63, 3.8) is 0 Å². The average Bonchev–Trinajstić information content (AvgIpc) is 3.10. The molecule has 1 amide bonds. The van der Waals surface area contributed by atoms with E-state index in [1.165, 1.54) is 5.56 Å². The van der Waals surface area contributed by atoms with E-state index in [-0.39, 0.29) is 11.6 Å². The molecule has 7 heteroatoms. The first-order valence-corrected chi connectivity index (χ1v) is 11.1. The number of allylic oxidation sites excluding steroid dienone is 1. The molecular weight excluding hydrogens is 476 g/mol. The van der Waals surface area contributed by atoms with E-state index < -0.39 is 0 Å². The van der Waals surface area contributed by atoms with Gasteiger partial charge < -0.3 is 0 Å². The van der Waals surface area contributed by atoms with Gasteiger partial charge >= 0.3 is 0 Å². The SMILES string of the molecule is CC(C=NNC(=O)c1nn(Cc2ccc(Cl)cc2)cc1Br)=Cc1ccc(C(C)C)cc1. The van der Waals surface area contributed by atoms with Crippen LogP contribution in [0.4, 0.5) is 0 Å². The molecule has 0 atom stereocenters. The minimum absolute atomic E-state index is 0.275. The fraction of sp³-hybridized carbons (Fsp3) is 0.208. The Morgan fingerprint density at radius 1 is 1.19 bits per heavy atom. The quantitative estimate of drug-likeness (QED) is 0.307. The van der Waals surface area contributed by atoms with Crippen LogP contribution in [0.1, 0.15) is 53.9 Å². The standard InChI is InChI=1S/C24H24BrClN4O/c1-16(2)20-8-4-18(5-9-20)12-17(3)13-27-28-24(31)23-22(25)15-30(29-23)14-19-6-10-21(26)11-7-19/h4-13,15-16H,14H2,1-3H3,(H,28,31). The number of carbonyl (C=O) groups is 1. The Morgan fingerprint density at radius 2 is 1.87 bits per heavy atom. The van der Waals surface area contributed by atoms with Crippen molar-refractivity contribution in [2.45, 2.75) is 33.2 Å². The van der Waals surface area contributed by atoms with Gasteiger partial charge in [0.05, 0.1) is 17.2 Å². The number of benzene rings is 2. The second-order valence-electron chi connectivity index (χ2n) is 7.56. The molecule has 0 aliphatic heterocycles. The molecule has 3 aromatic rings.